The second kappa shape index (κ2) is 6.08. The topological polar surface area (TPSA) is 93.8 Å². The van der Waals surface area contributed by atoms with Gasteiger partial charge in [-0.25, -0.2) is 9.67 Å². The first-order chi connectivity index (χ1) is 9.49. The maximum absolute atomic E-state index is 11.3. The number of hydrogen-bond donors (Lipinski definition) is 1. The monoisotopic (exact) mass is 295 g/mol. The highest BCUT2D eigenvalue weighted by Gasteiger charge is 2.23. The molecule has 0 saturated carbocycles. The summed E-state index contributed by atoms with van der Waals surface area (Å²) in [6.45, 7) is 6.16. The molecule has 0 spiro atoms. The van der Waals surface area contributed by atoms with E-state index in [1.165, 1.54) is 11.3 Å². The van der Waals surface area contributed by atoms with Gasteiger partial charge in [-0.05, 0) is 29.7 Å². The van der Waals surface area contributed by atoms with Gasteiger partial charge in [0, 0.05) is 0 Å². The van der Waals surface area contributed by atoms with Crippen LogP contribution in [0, 0.1) is 18.8 Å². The van der Waals surface area contributed by atoms with Crippen LogP contribution in [-0.4, -0.2) is 36.3 Å². The van der Waals surface area contributed by atoms with Crippen LogP contribution in [0.1, 0.15) is 26.0 Å². The van der Waals surface area contributed by atoms with Gasteiger partial charge in [0.2, 0.25) is 0 Å². The van der Waals surface area contributed by atoms with Gasteiger partial charge in [0.05, 0.1) is 28.5 Å². The molecule has 0 bridgehead atoms. The van der Waals surface area contributed by atoms with Gasteiger partial charge in [-0.15, -0.1) is 16.4 Å². The van der Waals surface area contributed by atoms with Gasteiger partial charge in [-0.1, -0.05) is 13.8 Å². The Bertz CT molecular complexity index is 592. The van der Waals surface area contributed by atoms with Crippen LogP contribution in [0.2, 0.25) is 0 Å². The molecule has 0 radical (unpaired) electrons. The molecule has 1 N–H and O–H groups in total. The van der Waals surface area contributed by atoms with Gasteiger partial charge in [0.15, 0.2) is 5.82 Å². The molecular formula is C12H17N5O2S. The number of rotatable bonds is 6. The summed E-state index contributed by atoms with van der Waals surface area (Å²) in [4.78, 5) is 16.4. The van der Waals surface area contributed by atoms with Crippen LogP contribution in [0.25, 0.3) is 10.7 Å². The van der Waals surface area contributed by atoms with Crippen molar-refractivity contribution >= 4 is 17.3 Å². The van der Waals surface area contributed by atoms with Crippen molar-refractivity contribution < 1.29 is 9.90 Å². The molecular weight excluding hydrogens is 278 g/mol. The molecule has 108 valence electrons. The fourth-order valence-corrected chi connectivity index (χ4v) is 2.83. The van der Waals surface area contributed by atoms with E-state index in [-0.39, 0.29) is 6.54 Å². The number of carbonyl (C=O) groups is 1. The fourth-order valence-electron chi connectivity index (χ4n) is 2.04. The molecule has 7 nitrogen and oxygen atoms in total. The Morgan fingerprint density at radius 2 is 2.25 bits per heavy atom. The van der Waals surface area contributed by atoms with Crippen LogP contribution in [0.5, 0.6) is 0 Å². The van der Waals surface area contributed by atoms with E-state index in [1.807, 2.05) is 20.8 Å². The van der Waals surface area contributed by atoms with E-state index in [4.69, 9.17) is 0 Å². The minimum atomic E-state index is -0.818. The number of hydrogen-bond acceptors (Lipinski definition) is 6. The third kappa shape index (κ3) is 3.19. The zero-order valence-corrected chi connectivity index (χ0v) is 12.5. The average molecular weight is 295 g/mol. The number of thiazole rings is 1. The Labute approximate surface area is 120 Å². The third-order valence-electron chi connectivity index (χ3n) is 2.98. The van der Waals surface area contributed by atoms with E-state index in [9.17, 15) is 9.90 Å². The normalized spacial score (nSPS) is 12.8. The Kier molecular flexibility index (Phi) is 4.43. The number of aryl methyl sites for hydroxylation is 1. The molecule has 8 heteroatoms. The van der Waals surface area contributed by atoms with Crippen LogP contribution in [-0.2, 0) is 11.3 Å². The zero-order valence-electron chi connectivity index (χ0n) is 11.6. The minimum absolute atomic E-state index is 0.271. The third-order valence-corrected chi connectivity index (χ3v) is 3.90. The molecule has 2 heterocycles. The fraction of sp³-hybridized carbons (Fsp3) is 0.583. The maximum atomic E-state index is 11.3. The van der Waals surface area contributed by atoms with Gasteiger partial charge < -0.3 is 5.11 Å². The number of nitrogens with zero attached hydrogens (tertiary/aromatic N) is 5. The highest BCUT2D eigenvalue weighted by atomic mass is 32.1. The summed E-state index contributed by atoms with van der Waals surface area (Å²) in [6.07, 6.45) is 0.594. The molecule has 0 aliphatic carbocycles. The van der Waals surface area contributed by atoms with E-state index in [2.05, 4.69) is 20.5 Å². The van der Waals surface area contributed by atoms with Crippen LogP contribution in [0.3, 0.4) is 0 Å². The van der Waals surface area contributed by atoms with E-state index in [0.29, 0.717) is 18.2 Å². The van der Waals surface area contributed by atoms with Crippen molar-refractivity contribution in [1.82, 2.24) is 25.2 Å². The van der Waals surface area contributed by atoms with Crippen molar-refractivity contribution in [2.24, 2.45) is 11.8 Å². The summed E-state index contributed by atoms with van der Waals surface area (Å²) < 4.78 is 1.56. The summed E-state index contributed by atoms with van der Waals surface area (Å²) >= 11 is 1.45. The molecule has 0 saturated heterocycles. The highest BCUT2D eigenvalue weighted by molar-refractivity contribution is 7.13. The summed E-state index contributed by atoms with van der Waals surface area (Å²) in [5.41, 5.74) is 2.58. The SMILES string of the molecule is Cc1ncsc1-c1nnnn1CC(CC(C)C)C(=O)O. The predicted octanol–water partition coefficient (Wildman–Crippen LogP) is 1.85. The van der Waals surface area contributed by atoms with Crippen molar-refractivity contribution in [3.63, 3.8) is 0 Å². The quantitative estimate of drug-likeness (QED) is 0.874. The summed E-state index contributed by atoms with van der Waals surface area (Å²) in [5.74, 6) is -0.423. The lowest BCUT2D eigenvalue weighted by Crippen LogP contribution is -2.23. The summed E-state index contributed by atoms with van der Waals surface area (Å²) in [7, 11) is 0. The van der Waals surface area contributed by atoms with E-state index in [0.717, 1.165) is 10.6 Å². The van der Waals surface area contributed by atoms with Crippen LogP contribution in [0.15, 0.2) is 5.51 Å². The minimum Gasteiger partial charge on any atom is -0.481 e. The van der Waals surface area contributed by atoms with Crippen molar-refractivity contribution in [2.75, 3.05) is 0 Å². The van der Waals surface area contributed by atoms with Crippen molar-refractivity contribution in [1.29, 1.82) is 0 Å². The van der Waals surface area contributed by atoms with Crippen molar-refractivity contribution in [2.45, 2.75) is 33.7 Å². The number of aliphatic carboxylic acids is 1. The second-order valence-electron chi connectivity index (χ2n) is 5.12. The van der Waals surface area contributed by atoms with Crippen LogP contribution < -0.4 is 0 Å². The molecule has 1 unspecified atom stereocenters. The first kappa shape index (κ1) is 14.6. The van der Waals surface area contributed by atoms with Gasteiger partial charge >= 0.3 is 5.97 Å². The first-order valence-corrected chi connectivity index (χ1v) is 7.26. The Balaban J connectivity index is 2.24. The van der Waals surface area contributed by atoms with Gasteiger partial charge in [-0.3, -0.25) is 4.79 Å². The lowest BCUT2D eigenvalue weighted by Gasteiger charge is -2.14. The average Bonchev–Trinajstić information content (AvgIpc) is 2.96. The van der Waals surface area contributed by atoms with E-state index >= 15 is 0 Å². The molecule has 0 amide bonds. The van der Waals surface area contributed by atoms with Gasteiger partial charge in [0.25, 0.3) is 0 Å². The smallest absolute Gasteiger partial charge is 0.308 e. The van der Waals surface area contributed by atoms with Gasteiger partial charge in [0.1, 0.15) is 0 Å². The molecule has 20 heavy (non-hydrogen) atoms. The lowest BCUT2D eigenvalue weighted by molar-refractivity contribution is -0.142. The Hall–Kier alpha value is -1.83. The highest BCUT2D eigenvalue weighted by Crippen LogP contribution is 2.25. The standard InChI is InChI=1S/C12H17N5O2S/c1-7(2)4-9(12(18)19)5-17-11(14-15-16-17)10-8(3)13-6-20-10/h6-7,9H,4-5H2,1-3H3,(H,18,19). The Morgan fingerprint density at radius 3 is 2.80 bits per heavy atom. The van der Waals surface area contributed by atoms with E-state index in [1.54, 1.807) is 10.2 Å². The molecule has 0 fully saturated rings. The summed E-state index contributed by atoms with van der Waals surface area (Å²) in [6, 6.07) is 0. The number of carboxylic acids is 1. The summed E-state index contributed by atoms with van der Waals surface area (Å²) in [5, 5.41) is 20.9. The molecule has 1 atom stereocenters. The number of carboxylic acid groups (broad SMARTS) is 1. The lowest BCUT2D eigenvalue weighted by atomic mass is 9.97. The van der Waals surface area contributed by atoms with Gasteiger partial charge in [-0.2, -0.15) is 0 Å². The van der Waals surface area contributed by atoms with Crippen LogP contribution >= 0.6 is 11.3 Å². The number of tetrazole rings is 1. The largest absolute Gasteiger partial charge is 0.481 e. The molecule has 2 aromatic rings. The van der Waals surface area contributed by atoms with Crippen LogP contribution in [0.4, 0.5) is 0 Å². The maximum Gasteiger partial charge on any atom is 0.308 e. The van der Waals surface area contributed by atoms with Crippen molar-refractivity contribution in [3.8, 4) is 10.7 Å². The number of aromatic nitrogens is 5. The molecule has 0 aliphatic heterocycles. The first-order valence-electron chi connectivity index (χ1n) is 6.38. The zero-order chi connectivity index (χ0) is 14.7. The van der Waals surface area contributed by atoms with E-state index < -0.39 is 11.9 Å². The molecule has 0 aromatic carbocycles. The molecule has 0 aliphatic rings. The second-order valence-corrected chi connectivity index (χ2v) is 5.97. The molecule has 2 aromatic heterocycles. The molecule has 2 rings (SSSR count). The van der Waals surface area contributed by atoms with Crippen molar-refractivity contribution in [3.05, 3.63) is 11.2 Å². The predicted molar refractivity (Wildman–Crippen MR) is 74.2 cm³/mol. The Morgan fingerprint density at radius 1 is 1.50 bits per heavy atom.